The number of nitrogens with one attached hydrogen (secondary N) is 1. The fraction of sp³-hybridized carbons (Fsp3) is 0.167. The number of hydrazone groups is 1. The van der Waals surface area contributed by atoms with E-state index in [0.717, 1.165) is 25.6 Å². The minimum atomic E-state index is -4.61. The number of nitro groups is 1. The number of hydrogen-bond donors (Lipinski definition) is 1. The molecule has 0 atom stereocenters. The van der Waals surface area contributed by atoms with Gasteiger partial charge in [0.25, 0.3) is 21.6 Å². The van der Waals surface area contributed by atoms with E-state index in [9.17, 15) is 23.3 Å². The topological polar surface area (TPSA) is 140 Å². The van der Waals surface area contributed by atoms with Crippen molar-refractivity contribution in [3.8, 4) is 11.5 Å². The van der Waals surface area contributed by atoms with Crippen LogP contribution in [0.25, 0.3) is 0 Å². The molecule has 0 aliphatic carbocycles. The van der Waals surface area contributed by atoms with Crippen molar-refractivity contribution < 1.29 is 27.6 Å². The number of carbonyl (C=O) groups is 1. The number of para-hydroxylation sites is 1. The summed E-state index contributed by atoms with van der Waals surface area (Å²) in [4.78, 5) is 23.1. The number of rotatable bonds is 10. The van der Waals surface area contributed by atoms with Crippen LogP contribution in [0.4, 0.5) is 11.4 Å². The molecule has 0 heterocycles. The van der Waals surface area contributed by atoms with Crippen LogP contribution in [0.2, 0.25) is 0 Å². The molecule has 0 unspecified atom stereocenters. The molecule has 0 bridgehead atoms. The van der Waals surface area contributed by atoms with Crippen LogP contribution in [0.1, 0.15) is 12.5 Å². The third kappa shape index (κ3) is 6.54. The summed E-state index contributed by atoms with van der Waals surface area (Å²) in [6.45, 7) is 0.959. The zero-order chi connectivity index (χ0) is 27.2. The second kappa shape index (κ2) is 12.0. The average molecular weight is 638 g/mol. The molecule has 194 valence electrons. The van der Waals surface area contributed by atoms with Crippen molar-refractivity contribution in [2.24, 2.45) is 5.10 Å². The lowest BCUT2D eigenvalue weighted by atomic mass is 10.1. The summed E-state index contributed by atoms with van der Waals surface area (Å²) in [6, 6.07) is 16.6. The molecule has 3 aromatic carbocycles. The van der Waals surface area contributed by atoms with E-state index in [1.807, 2.05) is 24.3 Å². The fourth-order valence-electron chi connectivity index (χ4n) is 3.33. The van der Waals surface area contributed by atoms with Crippen LogP contribution in [-0.2, 0) is 14.8 Å². The van der Waals surface area contributed by atoms with Crippen molar-refractivity contribution in [1.29, 1.82) is 0 Å². The summed E-state index contributed by atoms with van der Waals surface area (Å²) < 4.78 is 39.7. The molecule has 13 heteroatoms. The molecule has 0 saturated heterocycles. The Labute approximate surface area is 227 Å². The third-order valence-electron chi connectivity index (χ3n) is 5.16. The number of hydrogen-bond acceptors (Lipinski definition) is 8. The Morgan fingerprint density at radius 3 is 2.46 bits per heavy atom. The highest BCUT2D eigenvalue weighted by Gasteiger charge is 2.34. The lowest BCUT2D eigenvalue weighted by Gasteiger charge is -2.25. The number of ether oxygens (including phenoxy) is 2. The van der Waals surface area contributed by atoms with E-state index in [1.165, 1.54) is 44.6 Å². The summed E-state index contributed by atoms with van der Waals surface area (Å²) in [5.74, 6) is -0.316. The Balaban J connectivity index is 2.04. The average Bonchev–Trinajstić information content (AvgIpc) is 2.89. The lowest BCUT2D eigenvalue weighted by Crippen LogP contribution is -2.40. The number of nitro benzene ring substituents is 1. The van der Waals surface area contributed by atoms with Crippen LogP contribution in [0, 0.1) is 13.7 Å². The summed E-state index contributed by atoms with van der Waals surface area (Å²) in [7, 11) is -1.86. The van der Waals surface area contributed by atoms with Gasteiger partial charge in [0.05, 0.1) is 30.5 Å². The van der Waals surface area contributed by atoms with E-state index < -0.39 is 38.0 Å². The molecule has 11 nitrogen and oxygen atoms in total. The minimum absolute atomic E-state index is 0.0186. The van der Waals surface area contributed by atoms with E-state index in [0.29, 0.717) is 11.5 Å². The number of anilines is 1. The van der Waals surface area contributed by atoms with Crippen LogP contribution >= 0.6 is 22.6 Å². The van der Waals surface area contributed by atoms with Gasteiger partial charge in [-0.25, -0.2) is 13.8 Å². The smallest absolute Gasteiger partial charge is 0.289 e. The molecule has 37 heavy (non-hydrogen) atoms. The molecule has 3 rings (SSSR count). The first-order valence-electron chi connectivity index (χ1n) is 10.7. The molecular formula is C24H23IN4O7S. The first-order chi connectivity index (χ1) is 17.6. The van der Waals surface area contributed by atoms with Crippen molar-refractivity contribution >= 4 is 55.6 Å². The van der Waals surface area contributed by atoms with Gasteiger partial charge >= 0.3 is 0 Å². The van der Waals surface area contributed by atoms with Gasteiger partial charge in [-0.15, -0.1) is 0 Å². The second-order valence-electron chi connectivity index (χ2n) is 7.52. The van der Waals surface area contributed by atoms with Gasteiger partial charge in [-0.2, -0.15) is 5.10 Å². The summed E-state index contributed by atoms with van der Waals surface area (Å²) in [6.07, 6.45) is 0. The fourth-order valence-corrected chi connectivity index (χ4v) is 5.46. The highest BCUT2D eigenvalue weighted by molar-refractivity contribution is 14.1. The normalized spacial score (nSPS) is 11.5. The maximum atomic E-state index is 13.7. The quantitative estimate of drug-likeness (QED) is 0.154. The van der Waals surface area contributed by atoms with Crippen molar-refractivity contribution in [1.82, 2.24) is 5.43 Å². The molecule has 1 amide bonds. The summed E-state index contributed by atoms with van der Waals surface area (Å²) >= 11 is 2.15. The number of nitrogens with zero attached hydrogens (tertiary/aromatic N) is 3. The van der Waals surface area contributed by atoms with E-state index in [1.54, 1.807) is 6.92 Å². The molecule has 0 aliphatic heterocycles. The van der Waals surface area contributed by atoms with Crippen LogP contribution in [-0.4, -0.2) is 45.7 Å². The molecule has 0 saturated carbocycles. The molecule has 0 aromatic heterocycles. The number of methoxy groups -OCH3 is 2. The number of sulfonamides is 1. The van der Waals surface area contributed by atoms with Crippen molar-refractivity contribution in [2.75, 3.05) is 25.1 Å². The van der Waals surface area contributed by atoms with E-state index >= 15 is 0 Å². The predicted molar refractivity (Wildman–Crippen MR) is 147 cm³/mol. The molecule has 1 N–H and O–H groups in total. The Kier molecular flexibility index (Phi) is 9.04. The van der Waals surface area contributed by atoms with Crippen LogP contribution in [0.5, 0.6) is 11.5 Å². The highest BCUT2D eigenvalue weighted by Crippen LogP contribution is 2.37. The molecule has 0 radical (unpaired) electrons. The zero-order valence-electron chi connectivity index (χ0n) is 20.0. The first-order valence-corrected chi connectivity index (χ1v) is 13.2. The van der Waals surface area contributed by atoms with E-state index in [-0.39, 0.29) is 11.4 Å². The van der Waals surface area contributed by atoms with Gasteiger partial charge in [0.15, 0.2) is 4.90 Å². The minimum Gasteiger partial charge on any atom is -0.497 e. The van der Waals surface area contributed by atoms with Crippen LogP contribution in [0.15, 0.2) is 76.7 Å². The van der Waals surface area contributed by atoms with E-state index in [2.05, 4.69) is 33.1 Å². The second-order valence-corrected chi connectivity index (χ2v) is 10.6. The molecule has 0 fully saturated rings. The highest BCUT2D eigenvalue weighted by atomic mass is 127. The zero-order valence-corrected chi connectivity index (χ0v) is 23.0. The monoisotopic (exact) mass is 638 g/mol. The van der Waals surface area contributed by atoms with Gasteiger partial charge in [-0.1, -0.05) is 24.3 Å². The molecular weight excluding hydrogens is 615 g/mol. The van der Waals surface area contributed by atoms with Gasteiger partial charge in [0, 0.05) is 15.7 Å². The van der Waals surface area contributed by atoms with Gasteiger partial charge in [0.2, 0.25) is 0 Å². The Morgan fingerprint density at radius 2 is 1.81 bits per heavy atom. The van der Waals surface area contributed by atoms with Crippen molar-refractivity contribution in [3.05, 3.63) is 86.0 Å². The largest absolute Gasteiger partial charge is 0.497 e. The molecule has 0 aliphatic rings. The maximum absolute atomic E-state index is 13.7. The summed E-state index contributed by atoms with van der Waals surface area (Å²) in [5, 5.41) is 15.7. The van der Waals surface area contributed by atoms with Crippen molar-refractivity contribution in [3.63, 3.8) is 0 Å². The molecule has 0 spiro atoms. The standard InChI is InChI=1S/C24H23IN4O7S/c1-16(17-7-6-8-18(25)13-17)26-27-24(30)15-28(20-12-11-19(35-2)14-22(20)36-3)37(33,34)23-10-5-4-9-21(23)29(31)32/h4-14H,15H2,1-3H3,(H,27,30)/b26-16-. The number of carbonyl (C=O) groups excluding carboxylic acids is 1. The SMILES string of the molecule is COc1ccc(N(CC(=O)N/N=C(/C)c2cccc(I)c2)S(=O)(=O)c2ccccc2[N+](=O)[O-])c(OC)c1. The molecule has 3 aromatic rings. The van der Waals surface area contributed by atoms with Gasteiger partial charge < -0.3 is 9.47 Å². The lowest BCUT2D eigenvalue weighted by molar-refractivity contribution is -0.387. The Morgan fingerprint density at radius 1 is 1.08 bits per heavy atom. The van der Waals surface area contributed by atoms with Crippen LogP contribution < -0.4 is 19.2 Å². The third-order valence-corrected chi connectivity index (χ3v) is 7.64. The maximum Gasteiger partial charge on any atom is 0.289 e. The summed E-state index contributed by atoms with van der Waals surface area (Å²) in [5.41, 5.74) is 2.99. The first kappa shape index (κ1) is 27.9. The van der Waals surface area contributed by atoms with Gasteiger partial charge in [0.1, 0.15) is 18.0 Å². The van der Waals surface area contributed by atoms with Gasteiger partial charge in [-0.05, 0) is 65.4 Å². The number of amides is 1. The van der Waals surface area contributed by atoms with Crippen molar-refractivity contribution in [2.45, 2.75) is 11.8 Å². The number of benzene rings is 3. The van der Waals surface area contributed by atoms with E-state index in [4.69, 9.17) is 9.47 Å². The predicted octanol–water partition coefficient (Wildman–Crippen LogP) is 3.95. The Bertz CT molecular complexity index is 1460. The van der Waals surface area contributed by atoms with Gasteiger partial charge in [-0.3, -0.25) is 19.2 Å². The van der Waals surface area contributed by atoms with Crippen LogP contribution in [0.3, 0.4) is 0 Å². The Hall–Kier alpha value is -3.72. The number of halogens is 1.